The number of urea groups is 1. The quantitative estimate of drug-likeness (QED) is 0.710. The van der Waals surface area contributed by atoms with Crippen molar-refractivity contribution in [3.05, 3.63) is 0 Å². The summed E-state index contributed by atoms with van der Waals surface area (Å²) in [5, 5.41) is 12.0. The number of amides is 2. The lowest BCUT2D eigenvalue weighted by molar-refractivity contribution is 0.199. The van der Waals surface area contributed by atoms with E-state index >= 15 is 0 Å². The molecule has 82 valence electrons. The molecule has 2 fully saturated rings. The lowest BCUT2D eigenvalue weighted by atomic mass is 10.0. The lowest BCUT2D eigenvalue weighted by Crippen LogP contribution is -2.50. The zero-order valence-corrected chi connectivity index (χ0v) is 8.96. The van der Waals surface area contributed by atoms with E-state index in [9.17, 15) is 4.79 Å². The Bertz CT molecular complexity index is 283. The van der Waals surface area contributed by atoms with Gasteiger partial charge in [-0.1, -0.05) is 0 Å². The molecule has 1 aliphatic carbocycles. The number of hydrogen-bond donors (Lipinski definition) is 1. The summed E-state index contributed by atoms with van der Waals surface area (Å²) in [4.78, 5) is 13.6. The molecule has 0 atom stereocenters. The molecular weight excluding hydrogens is 190 g/mol. The highest BCUT2D eigenvalue weighted by Crippen LogP contribution is 2.29. The molecule has 1 aliphatic heterocycles. The SMILES string of the molecule is N#CC1(NC(=O)N2CCCC2)CCCC1. The highest BCUT2D eigenvalue weighted by atomic mass is 16.2. The number of nitrogens with zero attached hydrogens (tertiary/aromatic N) is 2. The van der Waals surface area contributed by atoms with Gasteiger partial charge in [-0.2, -0.15) is 5.26 Å². The maximum Gasteiger partial charge on any atom is 0.318 e. The lowest BCUT2D eigenvalue weighted by Gasteiger charge is -2.25. The first-order chi connectivity index (χ1) is 7.26. The van der Waals surface area contributed by atoms with Crippen LogP contribution in [0.25, 0.3) is 0 Å². The summed E-state index contributed by atoms with van der Waals surface area (Å²) in [6, 6.07) is 2.23. The van der Waals surface area contributed by atoms with Crippen molar-refractivity contribution in [2.75, 3.05) is 13.1 Å². The number of likely N-dealkylation sites (tertiary alicyclic amines) is 1. The predicted octanol–water partition coefficient (Wildman–Crippen LogP) is 1.63. The van der Waals surface area contributed by atoms with Crippen LogP contribution in [0.3, 0.4) is 0 Å². The third-order valence-electron chi connectivity index (χ3n) is 3.41. The second-order valence-electron chi connectivity index (χ2n) is 4.53. The summed E-state index contributed by atoms with van der Waals surface area (Å²) < 4.78 is 0. The first-order valence-electron chi connectivity index (χ1n) is 5.74. The van der Waals surface area contributed by atoms with Crippen molar-refractivity contribution in [1.82, 2.24) is 10.2 Å². The third kappa shape index (κ3) is 2.06. The van der Waals surface area contributed by atoms with E-state index in [4.69, 9.17) is 5.26 Å². The molecule has 1 saturated heterocycles. The maximum absolute atomic E-state index is 11.8. The summed E-state index contributed by atoms with van der Waals surface area (Å²) >= 11 is 0. The number of hydrogen-bond acceptors (Lipinski definition) is 2. The van der Waals surface area contributed by atoms with Crippen molar-refractivity contribution in [2.45, 2.75) is 44.1 Å². The number of carbonyl (C=O) groups is 1. The molecule has 1 heterocycles. The minimum atomic E-state index is -0.570. The van der Waals surface area contributed by atoms with E-state index in [-0.39, 0.29) is 6.03 Å². The largest absolute Gasteiger partial charge is 0.325 e. The fourth-order valence-electron chi connectivity index (χ4n) is 2.45. The molecule has 0 aromatic carbocycles. The van der Waals surface area contributed by atoms with Gasteiger partial charge >= 0.3 is 6.03 Å². The molecule has 0 spiro atoms. The molecule has 2 aliphatic rings. The van der Waals surface area contributed by atoms with Crippen LogP contribution >= 0.6 is 0 Å². The van der Waals surface area contributed by atoms with Crippen LogP contribution in [-0.2, 0) is 0 Å². The molecule has 0 radical (unpaired) electrons. The normalized spacial score (nSPS) is 23.8. The molecule has 4 nitrogen and oxygen atoms in total. The molecule has 0 bridgehead atoms. The van der Waals surface area contributed by atoms with Crippen molar-refractivity contribution in [3.8, 4) is 6.07 Å². The summed E-state index contributed by atoms with van der Waals surface area (Å²) in [5.41, 5.74) is -0.570. The van der Waals surface area contributed by atoms with Gasteiger partial charge in [0.1, 0.15) is 5.54 Å². The fourth-order valence-corrected chi connectivity index (χ4v) is 2.45. The van der Waals surface area contributed by atoms with E-state index in [1.165, 1.54) is 0 Å². The molecule has 0 aromatic rings. The number of nitrogens with one attached hydrogen (secondary N) is 1. The zero-order valence-electron chi connectivity index (χ0n) is 8.96. The van der Waals surface area contributed by atoms with Gasteiger partial charge in [0.05, 0.1) is 6.07 Å². The Hall–Kier alpha value is -1.24. The van der Waals surface area contributed by atoms with Crippen molar-refractivity contribution < 1.29 is 4.79 Å². The Morgan fingerprint density at radius 2 is 1.80 bits per heavy atom. The standard InChI is InChI=1S/C11H17N3O/c12-9-11(5-1-2-6-11)13-10(15)14-7-3-4-8-14/h1-8H2,(H,13,15). The average Bonchev–Trinajstić information content (AvgIpc) is 2.88. The summed E-state index contributed by atoms with van der Waals surface area (Å²) in [5.74, 6) is 0. The van der Waals surface area contributed by atoms with Crippen molar-refractivity contribution >= 4 is 6.03 Å². The number of nitriles is 1. The molecule has 1 saturated carbocycles. The van der Waals surface area contributed by atoms with Gasteiger partial charge in [0.15, 0.2) is 0 Å². The van der Waals surface area contributed by atoms with E-state index in [1.807, 2.05) is 4.90 Å². The molecule has 2 rings (SSSR count). The minimum absolute atomic E-state index is 0.0454. The van der Waals surface area contributed by atoms with Crippen molar-refractivity contribution in [1.29, 1.82) is 5.26 Å². The van der Waals surface area contributed by atoms with Gasteiger partial charge in [0.2, 0.25) is 0 Å². The summed E-state index contributed by atoms with van der Waals surface area (Å²) in [6.07, 6.45) is 5.90. The average molecular weight is 207 g/mol. The van der Waals surface area contributed by atoms with Gasteiger partial charge in [0, 0.05) is 13.1 Å². The molecule has 0 unspecified atom stereocenters. The molecular formula is C11H17N3O. The zero-order chi connectivity index (χ0) is 10.7. The van der Waals surface area contributed by atoms with Crippen LogP contribution in [0, 0.1) is 11.3 Å². The van der Waals surface area contributed by atoms with Crippen LogP contribution < -0.4 is 5.32 Å². The highest BCUT2D eigenvalue weighted by molar-refractivity contribution is 5.76. The minimum Gasteiger partial charge on any atom is -0.325 e. The van der Waals surface area contributed by atoms with Crippen LogP contribution in [0.5, 0.6) is 0 Å². The first-order valence-corrected chi connectivity index (χ1v) is 5.74. The topological polar surface area (TPSA) is 56.1 Å². The molecule has 4 heteroatoms. The van der Waals surface area contributed by atoms with Crippen LogP contribution in [0.4, 0.5) is 4.79 Å². The number of carbonyl (C=O) groups excluding carboxylic acids is 1. The summed E-state index contributed by atoms with van der Waals surface area (Å²) in [7, 11) is 0. The Balaban J connectivity index is 1.95. The fraction of sp³-hybridized carbons (Fsp3) is 0.818. The van der Waals surface area contributed by atoms with E-state index in [0.717, 1.165) is 51.6 Å². The Morgan fingerprint density at radius 3 is 2.33 bits per heavy atom. The van der Waals surface area contributed by atoms with Crippen molar-refractivity contribution in [3.63, 3.8) is 0 Å². The molecule has 2 amide bonds. The van der Waals surface area contributed by atoms with Crippen molar-refractivity contribution in [2.24, 2.45) is 0 Å². The van der Waals surface area contributed by atoms with Gasteiger partial charge in [-0.05, 0) is 38.5 Å². The monoisotopic (exact) mass is 207 g/mol. The molecule has 0 aromatic heterocycles. The van der Waals surface area contributed by atoms with Crippen LogP contribution in [0.1, 0.15) is 38.5 Å². The van der Waals surface area contributed by atoms with E-state index in [2.05, 4.69) is 11.4 Å². The van der Waals surface area contributed by atoms with E-state index in [1.54, 1.807) is 0 Å². The molecule has 1 N–H and O–H groups in total. The van der Waals surface area contributed by atoms with Gasteiger partial charge < -0.3 is 10.2 Å². The third-order valence-corrected chi connectivity index (χ3v) is 3.41. The van der Waals surface area contributed by atoms with E-state index < -0.39 is 5.54 Å². The first kappa shape index (κ1) is 10.3. The second-order valence-corrected chi connectivity index (χ2v) is 4.53. The Morgan fingerprint density at radius 1 is 1.20 bits per heavy atom. The maximum atomic E-state index is 11.8. The Kier molecular flexibility index (Phi) is 2.81. The predicted molar refractivity (Wildman–Crippen MR) is 56.2 cm³/mol. The van der Waals surface area contributed by atoms with Crippen LogP contribution in [0.2, 0.25) is 0 Å². The van der Waals surface area contributed by atoms with Gasteiger partial charge in [-0.3, -0.25) is 0 Å². The van der Waals surface area contributed by atoms with Gasteiger partial charge in [-0.25, -0.2) is 4.79 Å². The molecule has 15 heavy (non-hydrogen) atoms. The second kappa shape index (κ2) is 4.09. The van der Waals surface area contributed by atoms with E-state index in [0.29, 0.717) is 0 Å². The van der Waals surface area contributed by atoms with Gasteiger partial charge in [0.25, 0.3) is 0 Å². The highest BCUT2D eigenvalue weighted by Gasteiger charge is 2.36. The number of rotatable bonds is 1. The summed E-state index contributed by atoms with van der Waals surface area (Å²) in [6.45, 7) is 1.68. The smallest absolute Gasteiger partial charge is 0.318 e. The van der Waals surface area contributed by atoms with Crippen LogP contribution in [0.15, 0.2) is 0 Å². The van der Waals surface area contributed by atoms with Gasteiger partial charge in [-0.15, -0.1) is 0 Å². The Labute approximate surface area is 90.2 Å². The van der Waals surface area contributed by atoms with Crippen LogP contribution in [-0.4, -0.2) is 29.6 Å².